The van der Waals surface area contributed by atoms with Gasteiger partial charge in [0.1, 0.15) is 24.1 Å². The van der Waals surface area contributed by atoms with Gasteiger partial charge in [-0.2, -0.15) is 13.4 Å². The molecule has 13 heteroatoms. The summed E-state index contributed by atoms with van der Waals surface area (Å²) in [5.74, 6) is 0.0537. The second-order valence-corrected chi connectivity index (χ2v) is 5.11. The van der Waals surface area contributed by atoms with Gasteiger partial charge < -0.3 is 25.8 Å². The van der Waals surface area contributed by atoms with E-state index in [9.17, 15) is 15.0 Å². The van der Waals surface area contributed by atoms with Crippen LogP contribution in [0.2, 0.25) is 0 Å². The number of aromatic nitrogens is 2. The Balaban J connectivity index is 0.000000422. The number of aliphatic hydroxyl groups is 3. The van der Waals surface area contributed by atoms with E-state index < -0.39 is 47.2 Å². The minimum absolute atomic E-state index is 0.0537. The normalized spacial score (nSPS) is 28.0. The van der Waals surface area contributed by atoms with E-state index >= 15 is 0 Å². The van der Waals surface area contributed by atoms with Crippen molar-refractivity contribution in [2.24, 2.45) is 0 Å². The summed E-state index contributed by atoms with van der Waals surface area (Å²) in [7, 11) is -4.67. The lowest BCUT2D eigenvalue weighted by molar-refractivity contribution is -0.0549. The number of aliphatic hydroxyl groups excluding tert-OH is 3. The molecule has 2 rings (SSSR count). The van der Waals surface area contributed by atoms with Crippen molar-refractivity contribution in [1.29, 1.82) is 0 Å². The number of nitrogens with two attached hydrogens (primary N) is 1. The Morgan fingerprint density at radius 1 is 1.32 bits per heavy atom. The van der Waals surface area contributed by atoms with Crippen molar-refractivity contribution in [3.8, 4) is 0 Å². The van der Waals surface area contributed by atoms with Crippen molar-refractivity contribution in [3.63, 3.8) is 0 Å². The molecule has 1 fully saturated rings. The Kier molecular flexibility index (Phi) is 5.95. The third-order valence-corrected chi connectivity index (χ3v) is 2.64. The van der Waals surface area contributed by atoms with E-state index in [1.54, 1.807) is 0 Å². The maximum atomic E-state index is 11.5. The molecule has 0 spiro atoms. The van der Waals surface area contributed by atoms with Crippen molar-refractivity contribution in [2.45, 2.75) is 24.5 Å². The molecule has 0 bridgehead atoms. The summed E-state index contributed by atoms with van der Waals surface area (Å²) in [6.07, 6.45) is -3.27. The molecule has 0 unspecified atom stereocenters. The molecule has 1 aliphatic rings. The summed E-state index contributed by atoms with van der Waals surface area (Å²) in [5, 5.41) is 28.2. The second kappa shape index (κ2) is 7.10. The highest BCUT2D eigenvalue weighted by Crippen LogP contribution is 2.27. The first kappa shape index (κ1) is 18.4. The van der Waals surface area contributed by atoms with E-state index in [1.807, 2.05) is 0 Å². The molecular formula is C9H15N3O9S. The van der Waals surface area contributed by atoms with Crippen LogP contribution in [0.25, 0.3) is 0 Å². The molecule has 7 N–H and O–H groups in total. The van der Waals surface area contributed by atoms with Crippen LogP contribution in [-0.4, -0.2) is 67.3 Å². The Labute approximate surface area is 124 Å². The zero-order valence-electron chi connectivity index (χ0n) is 10.9. The summed E-state index contributed by atoms with van der Waals surface area (Å²) < 4.78 is 37.8. The largest absolute Gasteiger partial charge is 0.394 e. The van der Waals surface area contributed by atoms with Gasteiger partial charge in [-0.1, -0.05) is 0 Å². The number of hydrogen-bond acceptors (Lipinski definition) is 9. The van der Waals surface area contributed by atoms with Crippen LogP contribution in [0.1, 0.15) is 6.23 Å². The van der Waals surface area contributed by atoms with Gasteiger partial charge in [-0.15, -0.1) is 0 Å². The summed E-state index contributed by atoms with van der Waals surface area (Å²) >= 11 is 0. The van der Waals surface area contributed by atoms with E-state index in [4.69, 9.17) is 33.1 Å². The summed E-state index contributed by atoms with van der Waals surface area (Å²) in [5.41, 5.74) is 4.63. The third kappa shape index (κ3) is 4.99. The van der Waals surface area contributed by atoms with Crippen LogP contribution in [0, 0.1) is 0 Å². The SMILES string of the molecule is Nc1ccn([C@@H]2O[C@H](CO)[C@@H](O)[C@H]2O)c(=O)n1.O=S(=O)(O)O. The lowest BCUT2D eigenvalue weighted by atomic mass is 10.1. The molecule has 126 valence electrons. The maximum absolute atomic E-state index is 11.5. The third-order valence-electron chi connectivity index (χ3n) is 2.64. The quantitative estimate of drug-likeness (QED) is 0.295. The van der Waals surface area contributed by atoms with E-state index in [0.717, 1.165) is 4.57 Å². The molecular weight excluding hydrogens is 326 g/mol. The van der Waals surface area contributed by atoms with Crippen LogP contribution >= 0.6 is 0 Å². The van der Waals surface area contributed by atoms with Crippen molar-refractivity contribution in [1.82, 2.24) is 9.55 Å². The van der Waals surface area contributed by atoms with Crippen LogP contribution in [-0.2, 0) is 15.1 Å². The monoisotopic (exact) mass is 341 g/mol. The van der Waals surface area contributed by atoms with Crippen LogP contribution in [0.4, 0.5) is 5.82 Å². The standard InChI is InChI=1S/C9H13N3O5.H2O4S/c10-5-1-2-12(9(16)11-5)8-7(15)6(14)4(3-13)17-8;1-5(2,3)4/h1-2,4,6-8,13-15H,3H2,(H2,10,11,16);(H2,1,2,3,4)/t4-,6-,7-,8-;/m1./s1. The molecule has 0 aromatic carbocycles. The number of rotatable bonds is 2. The van der Waals surface area contributed by atoms with Gasteiger partial charge in [0, 0.05) is 6.20 Å². The highest BCUT2D eigenvalue weighted by molar-refractivity contribution is 7.79. The summed E-state index contributed by atoms with van der Waals surface area (Å²) in [4.78, 5) is 15.0. The Bertz CT molecular complexity index is 653. The Morgan fingerprint density at radius 2 is 1.86 bits per heavy atom. The fourth-order valence-corrected chi connectivity index (χ4v) is 1.73. The smallest absolute Gasteiger partial charge is 0.394 e. The zero-order valence-corrected chi connectivity index (χ0v) is 11.7. The highest BCUT2D eigenvalue weighted by atomic mass is 32.3. The van der Waals surface area contributed by atoms with E-state index in [0.29, 0.717) is 0 Å². The molecule has 0 aliphatic carbocycles. The number of hydrogen-bond donors (Lipinski definition) is 6. The maximum Gasteiger partial charge on any atom is 0.394 e. The van der Waals surface area contributed by atoms with Gasteiger partial charge in [0.25, 0.3) is 0 Å². The Morgan fingerprint density at radius 3 is 2.27 bits per heavy atom. The molecule has 1 saturated heterocycles. The first-order chi connectivity index (χ1) is 10.0. The number of anilines is 1. The number of nitrogen functional groups attached to an aromatic ring is 1. The lowest BCUT2D eigenvalue weighted by Gasteiger charge is -2.16. The second-order valence-electron chi connectivity index (χ2n) is 4.22. The van der Waals surface area contributed by atoms with Gasteiger partial charge >= 0.3 is 16.1 Å². The van der Waals surface area contributed by atoms with Gasteiger partial charge in [0.15, 0.2) is 6.23 Å². The minimum Gasteiger partial charge on any atom is -0.394 e. The first-order valence-electron chi connectivity index (χ1n) is 5.71. The van der Waals surface area contributed by atoms with Crippen molar-refractivity contribution < 1.29 is 37.6 Å². The van der Waals surface area contributed by atoms with Gasteiger partial charge in [0.05, 0.1) is 6.61 Å². The molecule has 1 aromatic heterocycles. The molecule has 0 radical (unpaired) electrons. The molecule has 1 aliphatic heterocycles. The van der Waals surface area contributed by atoms with E-state index in [2.05, 4.69) is 4.98 Å². The zero-order chi connectivity index (χ0) is 17.1. The summed E-state index contributed by atoms with van der Waals surface area (Å²) in [6.45, 7) is -0.453. The molecule has 1 aromatic rings. The van der Waals surface area contributed by atoms with Gasteiger partial charge in [-0.25, -0.2) is 4.79 Å². The Hall–Kier alpha value is -1.61. The predicted octanol–water partition coefficient (Wildman–Crippen LogP) is -3.22. The molecule has 0 saturated carbocycles. The topological polar surface area (TPSA) is 205 Å². The van der Waals surface area contributed by atoms with Crippen LogP contribution < -0.4 is 11.4 Å². The van der Waals surface area contributed by atoms with Crippen LogP contribution in [0.5, 0.6) is 0 Å². The minimum atomic E-state index is -4.67. The van der Waals surface area contributed by atoms with Gasteiger partial charge in [-0.05, 0) is 6.07 Å². The fourth-order valence-electron chi connectivity index (χ4n) is 1.73. The predicted molar refractivity (Wildman–Crippen MR) is 70.1 cm³/mol. The van der Waals surface area contributed by atoms with Crippen molar-refractivity contribution in [3.05, 3.63) is 22.7 Å². The van der Waals surface area contributed by atoms with Crippen LogP contribution in [0.3, 0.4) is 0 Å². The average Bonchev–Trinajstić information content (AvgIpc) is 2.64. The number of ether oxygens (including phenoxy) is 1. The molecule has 22 heavy (non-hydrogen) atoms. The first-order valence-corrected chi connectivity index (χ1v) is 7.11. The fraction of sp³-hybridized carbons (Fsp3) is 0.556. The average molecular weight is 341 g/mol. The lowest BCUT2D eigenvalue weighted by Crippen LogP contribution is -2.36. The van der Waals surface area contributed by atoms with Gasteiger partial charge in [-0.3, -0.25) is 13.7 Å². The molecule has 12 nitrogen and oxygen atoms in total. The molecule has 2 heterocycles. The van der Waals surface area contributed by atoms with Crippen LogP contribution in [0.15, 0.2) is 17.1 Å². The van der Waals surface area contributed by atoms with E-state index in [-0.39, 0.29) is 5.82 Å². The van der Waals surface area contributed by atoms with E-state index in [1.165, 1.54) is 12.3 Å². The highest BCUT2D eigenvalue weighted by Gasteiger charge is 2.43. The summed E-state index contributed by atoms with van der Waals surface area (Å²) in [6, 6.07) is 1.37. The molecule has 4 atom stereocenters. The van der Waals surface area contributed by atoms with Gasteiger partial charge in [0.2, 0.25) is 0 Å². The number of nitrogens with zero attached hydrogens (tertiary/aromatic N) is 2. The van der Waals surface area contributed by atoms with Crippen molar-refractivity contribution >= 4 is 16.2 Å². The van der Waals surface area contributed by atoms with Crippen molar-refractivity contribution in [2.75, 3.05) is 12.3 Å². The molecule has 0 amide bonds.